The lowest BCUT2D eigenvalue weighted by molar-refractivity contribution is -0.151. The highest BCUT2D eigenvalue weighted by Gasteiger charge is 2.42. The molecule has 0 aliphatic carbocycles. The van der Waals surface area contributed by atoms with Crippen molar-refractivity contribution in [1.29, 1.82) is 0 Å². The lowest BCUT2D eigenvalue weighted by Gasteiger charge is -2.37. The van der Waals surface area contributed by atoms with E-state index in [0.29, 0.717) is 51.6 Å². The number of carboxylic acids is 2. The maximum absolute atomic E-state index is 15.5. The molecule has 1 aliphatic rings. The summed E-state index contributed by atoms with van der Waals surface area (Å²) in [6.07, 6.45) is -3.19. The number of aliphatic carboxylic acids is 2. The van der Waals surface area contributed by atoms with E-state index in [1.807, 2.05) is 13.0 Å². The molecule has 15 amide bonds. The third-order valence-corrected chi connectivity index (χ3v) is 23.9. The highest BCUT2D eigenvalue weighted by Crippen LogP contribution is 2.28. The van der Waals surface area contributed by atoms with Gasteiger partial charge in [0.05, 0.1) is 31.8 Å². The van der Waals surface area contributed by atoms with Crippen LogP contribution in [0.15, 0.2) is 169 Å². The SMILES string of the molecule is CCCC[C@H]1C(=O)N(C)CC(=O)N[C@@H](CC(=O)O)C(=O)N[C@@H](C(C)C)C(=O)N(C)[C@@H](Cc2ccccc2)C(=O)N[C@@H](Cc2ccc(O)cc2)C(=O)N(C)CC(=O)N[C@@H](Cc2csc3ccccc23)C(=O)N[C@@H](Cc2ccc(O)cc2)C(=O)N[C@@H](CCC(=O)O)C(=O)N[C@H](C(=O)NCC(N)=O)CSCC(=O)N[C@@H](Cc2ccccc2)C(=O)N(C)[C@@H](Cc2ccccc2)C(=O)N1C. The van der Waals surface area contributed by atoms with Gasteiger partial charge in [-0.25, -0.2) is 0 Å². The fourth-order valence-corrected chi connectivity index (χ4v) is 16.5. The van der Waals surface area contributed by atoms with E-state index in [4.69, 9.17) is 5.73 Å². The van der Waals surface area contributed by atoms with E-state index in [2.05, 4.69) is 47.9 Å². The molecule has 0 bridgehead atoms. The summed E-state index contributed by atoms with van der Waals surface area (Å²) < 4.78 is 0.779. The molecule has 15 N–H and O–H groups in total. The van der Waals surface area contributed by atoms with Crippen molar-refractivity contribution in [3.05, 3.63) is 203 Å². The standard InChI is InChI=1S/C92H113N15O21S2/c1-9-10-29-71-90(126)104(5)50-77(112)96-67(47-80(116)117)86(122)102-81(54(2)3)92(128)106(7)72(44-56-24-16-12-17-25-56)87(123)100-68(43-59-33-37-62(109)38-34-59)88(124)103(4)49-76(111)95-66(46-60-51-130-74-30-21-20-28-63(60)74)85(121)99-65(41-58-31-35-61(108)36-32-58)84(120)98-64(39-40-79(114)115)83(119)101-70(82(118)94-48-75(93)110)52-129-53-78(113)97-69(42-55-22-14-11-15-23-55)89(125)107(8)73(91(127)105(71)6)45-57-26-18-13-19-27-57/h11-28,30-38,51,54,64-73,81,108-109H,9-10,29,39-50,52-53H2,1-8H3,(H2,93,110)(H,94,118)(H,95,111)(H,96,112)(H,97,113)(H,98,120)(H,99,121)(H,100,123)(H,101,119)(H,102,122)(H,114,115)(H,116,117)/t64-,65-,66-,67-,68-,69-,70-,71-,72-,73-,81-/m0/s1. The quantitative estimate of drug-likeness (QED) is 0.0411. The average Bonchev–Trinajstić information content (AvgIpc) is 0.953. The molecule has 1 aromatic heterocycles. The largest absolute Gasteiger partial charge is 0.508 e. The van der Waals surface area contributed by atoms with E-state index in [9.17, 15) is 68.4 Å². The zero-order chi connectivity index (χ0) is 95.0. The number of nitrogens with two attached hydrogens (primary N) is 1. The van der Waals surface area contributed by atoms with Crippen LogP contribution in [0.2, 0.25) is 0 Å². The number of hydrogen-bond acceptors (Lipinski definition) is 21. The Morgan fingerprint density at radius 2 is 0.892 bits per heavy atom. The van der Waals surface area contributed by atoms with Gasteiger partial charge in [-0.05, 0) is 93.2 Å². The molecular weight excluding hydrogens is 1720 g/mol. The number of aromatic hydroxyl groups is 2. The van der Waals surface area contributed by atoms with Gasteiger partial charge in [-0.2, -0.15) is 0 Å². The van der Waals surface area contributed by atoms with E-state index in [0.717, 1.165) is 41.0 Å². The number of nitrogens with zero attached hydrogens (tertiary/aromatic N) is 5. The van der Waals surface area contributed by atoms with Crippen LogP contribution in [0.3, 0.4) is 0 Å². The van der Waals surface area contributed by atoms with Crippen LogP contribution >= 0.6 is 23.1 Å². The number of nitrogens with one attached hydrogen (secondary N) is 9. The number of carboxylic acid groups (broad SMARTS) is 2. The predicted octanol–water partition coefficient (Wildman–Crippen LogP) is 1.88. The second-order valence-electron chi connectivity index (χ2n) is 32.3. The first kappa shape index (κ1) is 102. The normalized spacial score (nSPS) is 21.7. The number of carbonyl (C=O) groups is 17. The maximum atomic E-state index is 15.5. The molecular formula is C92H113N15O21S2. The summed E-state index contributed by atoms with van der Waals surface area (Å²) in [6.45, 7) is 2.51. The summed E-state index contributed by atoms with van der Waals surface area (Å²) in [4.78, 5) is 252. The molecule has 0 saturated carbocycles. The Morgan fingerprint density at radius 3 is 1.43 bits per heavy atom. The van der Waals surface area contributed by atoms with E-state index < -0.39 is 230 Å². The van der Waals surface area contributed by atoms with Crippen molar-refractivity contribution in [2.75, 3.05) is 66.4 Å². The van der Waals surface area contributed by atoms with Crippen LogP contribution < -0.4 is 53.6 Å². The lowest BCUT2D eigenvalue weighted by atomic mass is 9.98. The van der Waals surface area contributed by atoms with Crippen LogP contribution in [0.5, 0.6) is 11.5 Å². The highest BCUT2D eigenvalue weighted by atomic mass is 32.2. The average molecular weight is 1830 g/mol. The molecule has 2 heterocycles. The minimum atomic E-state index is -1.92. The second-order valence-corrected chi connectivity index (χ2v) is 34.2. The van der Waals surface area contributed by atoms with E-state index in [-0.39, 0.29) is 50.0 Å². The molecule has 8 rings (SSSR count). The molecule has 0 radical (unpaired) electrons. The topological polar surface area (TPSA) is 522 Å². The Kier molecular flexibility index (Phi) is 38.7. The summed E-state index contributed by atoms with van der Waals surface area (Å²) >= 11 is 2.05. The number of thioether (sulfide) groups is 1. The summed E-state index contributed by atoms with van der Waals surface area (Å²) in [5.74, 6) is -19.7. The van der Waals surface area contributed by atoms with Gasteiger partial charge in [-0.3, -0.25) is 81.5 Å². The van der Waals surface area contributed by atoms with Gasteiger partial charge in [0.25, 0.3) is 0 Å². The van der Waals surface area contributed by atoms with Crippen molar-refractivity contribution >= 4 is 134 Å². The van der Waals surface area contributed by atoms with Gasteiger partial charge in [-0.1, -0.05) is 167 Å². The number of carbonyl (C=O) groups excluding carboxylic acids is 15. The Hall–Kier alpha value is -13.8. The number of primary amides is 1. The summed E-state index contributed by atoms with van der Waals surface area (Å²) in [5, 5.41) is 66.7. The van der Waals surface area contributed by atoms with E-state index in [1.54, 1.807) is 128 Å². The molecule has 694 valence electrons. The molecule has 130 heavy (non-hydrogen) atoms. The Balaban J connectivity index is 1.22. The zero-order valence-corrected chi connectivity index (χ0v) is 75.1. The van der Waals surface area contributed by atoms with Crippen molar-refractivity contribution in [2.45, 2.75) is 164 Å². The summed E-state index contributed by atoms with van der Waals surface area (Å²) in [5.41, 5.74) is 8.26. The first-order chi connectivity index (χ1) is 61.9. The molecule has 38 heteroatoms. The molecule has 6 aromatic carbocycles. The Bertz CT molecular complexity index is 5150. The third kappa shape index (κ3) is 30.7. The number of phenols is 2. The first-order valence-electron chi connectivity index (χ1n) is 42.3. The monoisotopic (exact) mass is 1830 g/mol. The number of unbranched alkanes of at least 4 members (excludes halogenated alkanes) is 1. The minimum absolute atomic E-state index is 0.00976. The molecule has 0 spiro atoms. The van der Waals surface area contributed by atoms with Crippen LogP contribution in [0.4, 0.5) is 0 Å². The van der Waals surface area contributed by atoms with Crippen LogP contribution in [0.25, 0.3) is 10.1 Å². The van der Waals surface area contributed by atoms with Gasteiger partial charge in [-0.15, -0.1) is 23.1 Å². The van der Waals surface area contributed by atoms with Gasteiger partial charge in [0.1, 0.15) is 78.0 Å². The molecule has 0 unspecified atom stereocenters. The predicted molar refractivity (Wildman–Crippen MR) is 483 cm³/mol. The van der Waals surface area contributed by atoms with E-state index >= 15 is 33.6 Å². The number of fused-ring (bicyclic) bond motifs is 1. The number of thiophene rings is 1. The number of phenolic OH excluding ortho intramolecular Hbond substituents is 2. The molecule has 11 atom stereocenters. The van der Waals surface area contributed by atoms with E-state index in [1.165, 1.54) is 95.1 Å². The van der Waals surface area contributed by atoms with Crippen molar-refractivity contribution in [1.82, 2.24) is 72.4 Å². The van der Waals surface area contributed by atoms with Crippen LogP contribution in [0, 0.1) is 5.92 Å². The van der Waals surface area contributed by atoms with Crippen LogP contribution in [0.1, 0.15) is 92.7 Å². The second kappa shape index (κ2) is 49.5. The van der Waals surface area contributed by atoms with Crippen molar-refractivity contribution in [3.8, 4) is 11.5 Å². The van der Waals surface area contributed by atoms with Gasteiger partial charge < -0.3 is 98.5 Å². The smallest absolute Gasteiger partial charge is 0.305 e. The highest BCUT2D eigenvalue weighted by molar-refractivity contribution is 8.00. The summed E-state index contributed by atoms with van der Waals surface area (Å²) in [6, 6.07) is 25.8. The summed E-state index contributed by atoms with van der Waals surface area (Å²) in [7, 11) is 6.43. The number of rotatable bonds is 24. The minimum Gasteiger partial charge on any atom is -0.508 e. The van der Waals surface area contributed by atoms with Crippen molar-refractivity contribution in [3.63, 3.8) is 0 Å². The molecule has 7 aromatic rings. The van der Waals surface area contributed by atoms with Crippen LogP contribution in [-0.4, -0.2) is 278 Å². The van der Waals surface area contributed by atoms with Gasteiger partial charge >= 0.3 is 11.9 Å². The first-order valence-corrected chi connectivity index (χ1v) is 44.3. The third-order valence-electron chi connectivity index (χ3n) is 21.9. The Morgan fingerprint density at radius 1 is 0.446 bits per heavy atom. The van der Waals surface area contributed by atoms with Crippen molar-refractivity contribution in [2.24, 2.45) is 11.7 Å². The zero-order valence-electron chi connectivity index (χ0n) is 73.5. The fraction of sp³-hybridized carbons (Fsp3) is 0.402. The van der Waals surface area contributed by atoms with Gasteiger partial charge in [0.2, 0.25) is 88.6 Å². The Labute approximate surface area is 760 Å². The molecule has 1 aliphatic heterocycles. The number of amides is 15. The van der Waals surface area contributed by atoms with Gasteiger partial charge in [0.15, 0.2) is 0 Å². The number of hydrogen-bond donors (Lipinski definition) is 14. The molecule has 1 fully saturated rings. The van der Waals surface area contributed by atoms with Crippen LogP contribution in [-0.2, 0) is 120 Å². The fourth-order valence-electron chi connectivity index (χ4n) is 14.7. The number of likely N-dealkylation sites (N-methyl/N-ethyl adjacent to an activating group) is 5. The molecule has 1 saturated heterocycles. The van der Waals surface area contributed by atoms with Crippen molar-refractivity contribution < 1.29 is 102 Å². The maximum Gasteiger partial charge on any atom is 0.305 e. The molecule has 36 nitrogen and oxygen atoms in total. The van der Waals surface area contributed by atoms with Gasteiger partial charge in [0, 0.05) is 90.6 Å². The number of benzene rings is 6. The lowest BCUT2D eigenvalue weighted by Crippen LogP contribution is -2.61.